The van der Waals surface area contributed by atoms with E-state index in [0.29, 0.717) is 43.8 Å². The van der Waals surface area contributed by atoms with E-state index in [-0.39, 0.29) is 18.4 Å². The molecular formula is C30H32N4O7. The molecule has 2 amide bonds. The van der Waals surface area contributed by atoms with Gasteiger partial charge in [-0.1, -0.05) is 30.3 Å². The van der Waals surface area contributed by atoms with Gasteiger partial charge in [-0.2, -0.15) is 0 Å². The van der Waals surface area contributed by atoms with E-state index in [4.69, 9.17) is 19.9 Å². The van der Waals surface area contributed by atoms with Gasteiger partial charge in [0.2, 0.25) is 5.91 Å². The molecule has 0 aliphatic carbocycles. The minimum Gasteiger partial charge on any atom is -0.483 e. The molecule has 11 nitrogen and oxygen atoms in total. The smallest absolute Gasteiger partial charge is 0.328 e. The van der Waals surface area contributed by atoms with E-state index in [1.807, 2.05) is 42.2 Å². The summed E-state index contributed by atoms with van der Waals surface area (Å²) < 4.78 is 5.91. The van der Waals surface area contributed by atoms with E-state index in [0.717, 1.165) is 53.0 Å². The van der Waals surface area contributed by atoms with Crippen LogP contribution in [0.4, 0.5) is 5.69 Å². The molecule has 0 atom stereocenters. The quantitative estimate of drug-likeness (QED) is 0.371. The second-order valence-corrected chi connectivity index (χ2v) is 9.73. The number of amides is 2. The minimum absolute atomic E-state index is 0.00681. The zero-order chi connectivity index (χ0) is 29.4. The van der Waals surface area contributed by atoms with Gasteiger partial charge in [0.25, 0.3) is 5.91 Å². The number of pyridine rings is 1. The second kappa shape index (κ2) is 13.5. The molecule has 5 rings (SSSR count). The summed E-state index contributed by atoms with van der Waals surface area (Å²) in [4.78, 5) is 52.6. The van der Waals surface area contributed by atoms with Crippen molar-refractivity contribution in [1.82, 2.24) is 14.8 Å². The number of fused-ring (bicyclic) bond motifs is 2. The third-order valence-electron chi connectivity index (χ3n) is 6.83. The molecule has 2 aliphatic rings. The van der Waals surface area contributed by atoms with Gasteiger partial charge in [0.05, 0.1) is 16.9 Å². The highest BCUT2D eigenvalue weighted by Crippen LogP contribution is 2.34. The fourth-order valence-electron chi connectivity index (χ4n) is 4.70. The molecule has 0 bridgehead atoms. The summed E-state index contributed by atoms with van der Waals surface area (Å²) in [5, 5.41) is 19.7. The fourth-order valence-corrected chi connectivity index (χ4v) is 4.70. The molecule has 3 N–H and O–H groups in total. The maximum absolute atomic E-state index is 12.8. The first kappa shape index (κ1) is 29.2. The van der Waals surface area contributed by atoms with E-state index >= 15 is 0 Å². The number of hydrogen-bond donors (Lipinski definition) is 3. The van der Waals surface area contributed by atoms with E-state index in [9.17, 15) is 19.2 Å². The Kier molecular flexibility index (Phi) is 9.64. The number of aromatic nitrogens is 1. The summed E-state index contributed by atoms with van der Waals surface area (Å²) in [5.41, 5.74) is 4.88. The number of aliphatic carboxylic acids is 2. The van der Waals surface area contributed by atoms with Crippen molar-refractivity contribution < 1.29 is 34.1 Å². The minimum atomic E-state index is -1.26. The van der Waals surface area contributed by atoms with Crippen LogP contribution in [0.2, 0.25) is 0 Å². The summed E-state index contributed by atoms with van der Waals surface area (Å²) in [6.45, 7) is 5.74. The van der Waals surface area contributed by atoms with Crippen LogP contribution in [0.5, 0.6) is 5.75 Å². The third kappa shape index (κ3) is 8.12. The van der Waals surface area contributed by atoms with Crippen LogP contribution < -0.4 is 10.1 Å². The number of ether oxygens (including phenoxy) is 1. The lowest BCUT2D eigenvalue weighted by Gasteiger charge is -2.34. The van der Waals surface area contributed by atoms with E-state index < -0.39 is 11.9 Å². The Balaban J connectivity index is 0.000000426. The Morgan fingerprint density at radius 2 is 1.66 bits per heavy atom. The van der Waals surface area contributed by atoms with Crippen molar-refractivity contribution in [2.75, 3.05) is 38.1 Å². The van der Waals surface area contributed by atoms with Gasteiger partial charge in [0.1, 0.15) is 5.75 Å². The Bertz CT molecular complexity index is 1460. The number of carboxylic acid groups (broad SMARTS) is 2. The average molecular weight is 561 g/mol. The molecule has 0 radical (unpaired) electrons. The van der Waals surface area contributed by atoms with Gasteiger partial charge in [-0.25, -0.2) is 9.59 Å². The lowest BCUT2D eigenvalue weighted by Crippen LogP contribution is -2.49. The molecule has 2 aromatic carbocycles. The van der Waals surface area contributed by atoms with E-state index in [1.165, 1.54) is 0 Å². The van der Waals surface area contributed by atoms with Gasteiger partial charge in [-0.15, -0.1) is 0 Å². The van der Waals surface area contributed by atoms with Gasteiger partial charge in [0.15, 0.2) is 6.61 Å². The van der Waals surface area contributed by atoms with Crippen molar-refractivity contribution >= 4 is 40.3 Å². The number of nitrogens with zero attached hydrogens (tertiary/aromatic N) is 3. The van der Waals surface area contributed by atoms with Crippen molar-refractivity contribution in [3.05, 3.63) is 77.5 Å². The summed E-state index contributed by atoms with van der Waals surface area (Å²) in [6.07, 6.45) is 2.19. The predicted octanol–water partition coefficient (Wildman–Crippen LogP) is 2.86. The fraction of sp³-hybridized carbons (Fsp3) is 0.300. The van der Waals surface area contributed by atoms with Gasteiger partial charge in [0, 0.05) is 62.2 Å². The normalized spacial score (nSPS) is 15.0. The molecule has 214 valence electrons. The maximum Gasteiger partial charge on any atom is 0.328 e. The van der Waals surface area contributed by atoms with E-state index in [1.54, 1.807) is 0 Å². The Morgan fingerprint density at radius 1 is 0.951 bits per heavy atom. The number of benzene rings is 2. The summed E-state index contributed by atoms with van der Waals surface area (Å²) in [7, 11) is 0. The lowest BCUT2D eigenvalue weighted by molar-refractivity contribution is -0.135. The maximum atomic E-state index is 12.8. The molecule has 3 aromatic rings. The molecule has 0 unspecified atom stereocenters. The van der Waals surface area contributed by atoms with Crippen LogP contribution in [0.1, 0.15) is 23.2 Å². The number of nitrogens with one attached hydrogen (secondary N) is 1. The highest BCUT2D eigenvalue weighted by Gasteiger charge is 2.24. The predicted molar refractivity (Wildman–Crippen MR) is 152 cm³/mol. The summed E-state index contributed by atoms with van der Waals surface area (Å²) in [5.74, 6) is -1.81. The zero-order valence-electron chi connectivity index (χ0n) is 22.7. The van der Waals surface area contributed by atoms with E-state index in [2.05, 4.69) is 28.4 Å². The molecule has 41 heavy (non-hydrogen) atoms. The zero-order valence-corrected chi connectivity index (χ0v) is 22.7. The Labute approximate surface area is 237 Å². The molecule has 0 saturated carbocycles. The second-order valence-electron chi connectivity index (χ2n) is 9.73. The highest BCUT2D eigenvalue weighted by molar-refractivity contribution is 5.95. The highest BCUT2D eigenvalue weighted by atomic mass is 16.5. The van der Waals surface area contributed by atoms with Gasteiger partial charge >= 0.3 is 11.9 Å². The molecule has 0 spiro atoms. The van der Waals surface area contributed by atoms with Gasteiger partial charge < -0.3 is 25.2 Å². The number of anilines is 1. The van der Waals surface area contributed by atoms with Crippen LogP contribution in [0.15, 0.2) is 60.7 Å². The van der Waals surface area contributed by atoms with Crippen LogP contribution in [0.25, 0.3) is 10.9 Å². The average Bonchev–Trinajstić information content (AvgIpc) is 2.96. The first-order valence-corrected chi connectivity index (χ1v) is 13.2. The largest absolute Gasteiger partial charge is 0.483 e. The number of hydrogen-bond acceptors (Lipinski definition) is 7. The summed E-state index contributed by atoms with van der Waals surface area (Å²) >= 11 is 0. The van der Waals surface area contributed by atoms with Crippen LogP contribution in [-0.4, -0.2) is 81.5 Å². The number of para-hydroxylation sites is 1. The van der Waals surface area contributed by atoms with Crippen LogP contribution in [0.3, 0.4) is 0 Å². The monoisotopic (exact) mass is 560 g/mol. The van der Waals surface area contributed by atoms with Crippen molar-refractivity contribution in [2.45, 2.75) is 26.3 Å². The topological polar surface area (TPSA) is 149 Å². The molecule has 11 heteroatoms. The van der Waals surface area contributed by atoms with Crippen molar-refractivity contribution in [3.8, 4) is 5.75 Å². The number of carboxylic acids is 2. The van der Waals surface area contributed by atoms with Crippen LogP contribution >= 0.6 is 0 Å². The first-order chi connectivity index (χ1) is 19.7. The number of aryl methyl sites for hydroxylation is 1. The molecule has 1 fully saturated rings. The molecule has 2 aliphatic heterocycles. The Hall–Kier alpha value is -4.77. The van der Waals surface area contributed by atoms with Crippen LogP contribution in [-0.2, 0) is 32.1 Å². The van der Waals surface area contributed by atoms with Crippen molar-refractivity contribution in [1.29, 1.82) is 0 Å². The number of carbonyl (C=O) groups excluding carboxylic acids is 2. The van der Waals surface area contributed by atoms with Crippen molar-refractivity contribution in [3.63, 3.8) is 0 Å². The lowest BCUT2D eigenvalue weighted by atomic mass is 9.98. The number of piperazine rings is 1. The first-order valence-electron chi connectivity index (χ1n) is 13.2. The molecule has 1 aromatic heterocycles. The van der Waals surface area contributed by atoms with Gasteiger partial charge in [-0.05, 0) is 37.1 Å². The number of carbonyl (C=O) groups is 4. The third-order valence-corrected chi connectivity index (χ3v) is 6.83. The molecule has 1 saturated heterocycles. The summed E-state index contributed by atoms with van der Waals surface area (Å²) in [6, 6.07) is 16.2. The van der Waals surface area contributed by atoms with Crippen molar-refractivity contribution in [2.24, 2.45) is 0 Å². The molecule has 3 heterocycles. The molecular weight excluding hydrogens is 528 g/mol. The number of rotatable bonds is 7. The van der Waals surface area contributed by atoms with Gasteiger partial charge in [-0.3, -0.25) is 19.5 Å². The SMILES string of the molecule is Cc1ccc(OCC(=O)N2CCN(Cc3ccc4ccccc4n3)CC2)c2c1NC(=O)CC2.O=C(O)/C=C\C(=O)O. The van der Waals surface area contributed by atoms with Crippen LogP contribution in [0, 0.1) is 6.92 Å². The Morgan fingerprint density at radius 3 is 2.37 bits per heavy atom. The standard InChI is InChI=1S/C26H28N4O3.C4H4O4/c1-18-6-10-23(21-9-11-24(31)28-26(18)21)33-17-25(32)30-14-12-29(13-15-30)16-20-8-7-19-4-2-3-5-22(19)27-20;5-3(6)1-2-4(7)8/h2-8,10H,9,11-17H2,1H3,(H,28,31);1-2H,(H,5,6)(H,7,8)/b;2-1-.